The molecule has 1 fully saturated rings. The molecule has 2 aliphatic rings. The third-order valence-electron chi connectivity index (χ3n) is 5.84. The molecule has 0 saturated carbocycles. The van der Waals surface area contributed by atoms with Crippen molar-refractivity contribution in [3.8, 4) is 28.7 Å². The zero-order chi connectivity index (χ0) is 24.2. The highest BCUT2D eigenvalue weighted by atomic mass is 16.5. The van der Waals surface area contributed by atoms with Gasteiger partial charge in [0.2, 0.25) is 5.78 Å². The molecule has 9 N–H and O–H groups in total. The maximum Gasteiger partial charge on any atom is 0.202 e. The first-order valence-electron chi connectivity index (χ1n) is 9.87. The molecule has 2 aromatic rings. The van der Waals surface area contributed by atoms with Gasteiger partial charge in [-0.15, -0.1) is 0 Å². The Kier molecular flexibility index (Phi) is 5.82. The van der Waals surface area contributed by atoms with E-state index in [-0.39, 0.29) is 11.3 Å². The van der Waals surface area contributed by atoms with Gasteiger partial charge in [0, 0.05) is 6.07 Å². The molecule has 1 saturated heterocycles. The minimum atomic E-state index is -1.86. The summed E-state index contributed by atoms with van der Waals surface area (Å²) in [6, 6.07) is 4.42. The third kappa shape index (κ3) is 3.62. The molecule has 0 spiro atoms. The first kappa shape index (κ1) is 23.0. The summed E-state index contributed by atoms with van der Waals surface area (Å²) in [5, 5.41) is 90.7. The van der Waals surface area contributed by atoms with Gasteiger partial charge in [0.15, 0.2) is 23.7 Å². The van der Waals surface area contributed by atoms with Crippen molar-refractivity contribution in [2.75, 3.05) is 6.61 Å². The number of phenols is 4. The predicted molar refractivity (Wildman–Crippen MR) is 106 cm³/mol. The lowest BCUT2D eigenvalue weighted by molar-refractivity contribution is -0.232. The van der Waals surface area contributed by atoms with Crippen molar-refractivity contribution in [1.82, 2.24) is 0 Å². The number of carbonyl (C=O) groups excluding carboxylic acids is 1. The Morgan fingerprint density at radius 3 is 2.15 bits per heavy atom. The summed E-state index contributed by atoms with van der Waals surface area (Å²) in [4.78, 5) is 12.9. The average Bonchev–Trinajstić information content (AvgIpc) is 2.77. The number of fused-ring (bicyclic) bond motifs is 1. The molecule has 2 aromatic carbocycles. The van der Waals surface area contributed by atoms with Gasteiger partial charge in [-0.3, -0.25) is 4.79 Å². The Hall–Kier alpha value is -3.13. The fraction of sp³-hybridized carbons (Fsp3) is 0.381. The van der Waals surface area contributed by atoms with Crippen LogP contribution >= 0.6 is 0 Å². The number of benzene rings is 2. The molecule has 2 aliphatic heterocycles. The summed E-state index contributed by atoms with van der Waals surface area (Å²) >= 11 is 0. The fourth-order valence-corrected chi connectivity index (χ4v) is 4.05. The lowest BCUT2D eigenvalue weighted by atomic mass is 9.86. The molecular weight excluding hydrogens is 444 g/mol. The lowest BCUT2D eigenvalue weighted by Gasteiger charge is -2.41. The van der Waals surface area contributed by atoms with Crippen LogP contribution in [0.3, 0.4) is 0 Å². The van der Waals surface area contributed by atoms with Gasteiger partial charge in [0.25, 0.3) is 0 Å². The molecule has 178 valence electrons. The van der Waals surface area contributed by atoms with Crippen LogP contribution in [0.1, 0.15) is 33.7 Å². The molecule has 5 unspecified atom stereocenters. The smallest absolute Gasteiger partial charge is 0.202 e. The number of ether oxygens (including phenoxy) is 2. The number of aliphatic hydroxyl groups excluding tert-OH is 5. The van der Waals surface area contributed by atoms with E-state index in [9.17, 15) is 50.8 Å². The summed E-state index contributed by atoms with van der Waals surface area (Å²) in [6.45, 7) is -0.754. The van der Waals surface area contributed by atoms with Gasteiger partial charge in [-0.1, -0.05) is 6.07 Å². The van der Waals surface area contributed by atoms with E-state index in [2.05, 4.69) is 0 Å². The van der Waals surface area contributed by atoms with E-state index in [1.165, 1.54) is 6.07 Å². The van der Waals surface area contributed by atoms with E-state index in [0.29, 0.717) is 0 Å². The molecule has 4 rings (SSSR count). The van der Waals surface area contributed by atoms with Crippen LogP contribution < -0.4 is 4.74 Å². The van der Waals surface area contributed by atoms with Crippen LogP contribution in [0.15, 0.2) is 24.3 Å². The van der Waals surface area contributed by atoms with Crippen LogP contribution in [0, 0.1) is 0 Å². The number of phenolic OH excluding ortho intramolecular Hbond substituents is 4. The molecule has 0 aliphatic carbocycles. The second kappa shape index (κ2) is 8.33. The highest BCUT2D eigenvalue weighted by Gasteiger charge is 2.48. The molecule has 12 nitrogen and oxygen atoms in total. The summed E-state index contributed by atoms with van der Waals surface area (Å²) in [5.74, 6) is -3.90. The highest BCUT2D eigenvalue weighted by molar-refractivity contribution is 6.06. The quantitative estimate of drug-likeness (QED) is 0.241. The zero-order valence-corrected chi connectivity index (χ0v) is 16.8. The van der Waals surface area contributed by atoms with Gasteiger partial charge in [-0.25, -0.2) is 0 Å². The van der Waals surface area contributed by atoms with Gasteiger partial charge in [0.05, 0.1) is 12.2 Å². The zero-order valence-electron chi connectivity index (χ0n) is 16.8. The van der Waals surface area contributed by atoms with Gasteiger partial charge < -0.3 is 55.4 Å². The highest BCUT2D eigenvalue weighted by Crippen LogP contribution is 2.49. The number of Topliss-reactive ketones (excluding diaryl/α,β-unsaturated/α-hetero) is 1. The van der Waals surface area contributed by atoms with E-state index in [0.717, 1.165) is 18.2 Å². The largest absolute Gasteiger partial charge is 0.507 e. The maximum atomic E-state index is 12.9. The van der Waals surface area contributed by atoms with Crippen LogP contribution in [0.2, 0.25) is 0 Å². The molecule has 7 atom stereocenters. The van der Waals surface area contributed by atoms with E-state index in [1.807, 2.05) is 0 Å². The van der Waals surface area contributed by atoms with Crippen molar-refractivity contribution in [3.63, 3.8) is 0 Å². The van der Waals surface area contributed by atoms with Crippen LogP contribution in [0.5, 0.6) is 28.7 Å². The number of hydrogen-bond acceptors (Lipinski definition) is 12. The number of ketones is 1. The topological polar surface area (TPSA) is 218 Å². The van der Waals surface area contributed by atoms with Crippen LogP contribution in [0.4, 0.5) is 0 Å². The number of aliphatic hydroxyl groups is 5. The predicted octanol–water partition coefficient (Wildman–Crippen LogP) is -1.30. The number of rotatable bonds is 3. The second-order valence-electron chi connectivity index (χ2n) is 7.88. The van der Waals surface area contributed by atoms with Gasteiger partial charge in [0.1, 0.15) is 53.3 Å². The minimum absolute atomic E-state index is 0.119. The number of aromatic hydroxyl groups is 4. The summed E-state index contributed by atoms with van der Waals surface area (Å²) in [6.07, 6.45) is -11.5. The third-order valence-corrected chi connectivity index (χ3v) is 5.84. The maximum absolute atomic E-state index is 12.9. The second-order valence-corrected chi connectivity index (χ2v) is 7.88. The van der Waals surface area contributed by atoms with Crippen molar-refractivity contribution in [2.45, 2.75) is 42.7 Å². The van der Waals surface area contributed by atoms with Crippen molar-refractivity contribution in [3.05, 3.63) is 41.0 Å². The molecule has 12 heteroatoms. The monoisotopic (exact) mass is 466 g/mol. The van der Waals surface area contributed by atoms with Crippen molar-refractivity contribution in [1.29, 1.82) is 0 Å². The van der Waals surface area contributed by atoms with Crippen LogP contribution in [-0.2, 0) is 4.74 Å². The molecule has 0 radical (unpaired) electrons. The first-order valence-corrected chi connectivity index (χ1v) is 9.87. The Bertz CT molecular complexity index is 1080. The van der Waals surface area contributed by atoms with Gasteiger partial charge in [-0.05, 0) is 17.7 Å². The average molecular weight is 466 g/mol. The van der Waals surface area contributed by atoms with Gasteiger partial charge in [-0.2, -0.15) is 0 Å². The summed E-state index contributed by atoms with van der Waals surface area (Å²) < 4.78 is 10.9. The van der Waals surface area contributed by atoms with E-state index < -0.39 is 89.2 Å². The van der Waals surface area contributed by atoms with Crippen molar-refractivity contribution in [2.24, 2.45) is 0 Å². The van der Waals surface area contributed by atoms with Crippen molar-refractivity contribution < 1.29 is 60.2 Å². The molecule has 0 bridgehead atoms. The number of hydrogen-bond donors (Lipinski definition) is 9. The standard InChI is InChI=1S/C21H22O12/c22-5-11-14(26)17(29)19(31)21(33-11)12-9(25)4-10-13(15(12)27)16(28)18(30)20(32-10)6-1-2-7(23)8(24)3-6/h1-4,11,14,17-27,29-31H,5H2/t11?,14?,17?,18-,19?,20-,21?/m0/s1. The minimum Gasteiger partial charge on any atom is -0.507 e. The van der Waals surface area contributed by atoms with Gasteiger partial charge >= 0.3 is 0 Å². The van der Waals surface area contributed by atoms with Crippen LogP contribution in [0.25, 0.3) is 0 Å². The Labute approximate surface area is 185 Å². The first-order chi connectivity index (χ1) is 15.6. The van der Waals surface area contributed by atoms with Crippen molar-refractivity contribution >= 4 is 5.78 Å². The number of carbonyl (C=O) groups is 1. The molecule has 0 amide bonds. The van der Waals surface area contributed by atoms with E-state index >= 15 is 0 Å². The Morgan fingerprint density at radius 2 is 1.52 bits per heavy atom. The van der Waals surface area contributed by atoms with E-state index in [1.54, 1.807) is 0 Å². The summed E-state index contributed by atoms with van der Waals surface area (Å²) in [5.41, 5.74) is -0.934. The SMILES string of the molecule is O=C1c2c(cc(O)c(C3OC(CO)C(O)C(O)C3O)c2O)O[C@@H](c2ccc(O)c(O)c2)[C@H]1O. The molecular formula is C21H22O12. The normalized spacial score (nSPS) is 31.7. The molecule has 0 aromatic heterocycles. The van der Waals surface area contributed by atoms with Crippen LogP contribution in [-0.4, -0.2) is 88.9 Å². The molecule has 33 heavy (non-hydrogen) atoms. The Balaban J connectivity index is 1.77. The Morgan fingerprint density at radius 1 is 0.818 bits per heavy atom. The van der Waals surface area contributed by atoms with E-state index in [4.69, 9.17) is 9.47 Å². The fourth-order valence-electron chi connectivity index (χ4n) is 4.05. The lowest BCUT2D eigenvalue weighted by Crippen LogP contribution is -2.55. The molecule has 2 heterocycles. The summed E-state index contributed by atoms with van der Waals surface area (Å²) in [7, 11) is 0.